The Morgan fingerprint density at radius 3 is 2.94 bits per heavy atom. The van der Waals surface area contributed by atoms with E-state index in [9.17, 15) is 8.42 Å². The fourth-order valence-electron chi connectivity index (χ4n) is 1.20. The van der Waals surface area contributed by atoms with Crippen LogP contribution in [-0.2, 0) is 16.6 Å². The van der Waals surface area contributed by atoms with E-state index in [1.54, 1.807) is 11.7 Å². The predicted molar refractivity (Wildman–Crippen MR) is 64.8 cm³/mol. The van der Waals surface area contributed by atoms with Crippen molar-refractivity contribution < 1.29 is 8.42 Å². The molecule has 0 spiro atoms. The van der Waals surface area contributed by atoms with Gasteiger partial charge in [-0.15, -0.1) is 11.3 Å². The molecule has 6 nitrogen and oxygen atoms in total. The van der Waals surface area contributed by atoms with Crippen molar-refractivity contribution in [3.8, 4) is 0 Å². The zero-order valence-electron chi connectivity index (χ0n) is 8.70. The van der Waals surface area contributed by atoms with Crippen LogP contribution in [-0.4, -0.2) is 18.4 Å². The third-order valence-corrected chi connectivity index (χ3v) is 4.24. The minimum absolute atomic E-state index is 0.00971. The quantitative estimate of drug-likeness (QED) is 0.847. The van der Waals surface area contributed by atoms with Crippen LogP contribution in [0.5, 0.6) is 0 Å². The fourth-order valence-corrected chi connectivity index (χ4v) is 2.92. The number of pyridine rings is 1. The number of hydrogen-bond donors (Lipinski definition) is 2. The molecule has 3 N–H and O–H groups in total. The number of nitrogens with one attached hydrogen (secondary N) is 1. The minimum Gasteiger partial charge on any atom is -0.383 e. The normalized spacial score (nSPS) is 11.5. The van der Waals surface area contributed by atoms with Crippen molar-refractivity contribution in [2.45, 2.75) is 11.4 Å². The van der Waals surface area contributed by atoms with Crippen molar-refractivity contribution in [2.24, 2.45) is 0 Å². The maximum atomic E-state index is 11.9. The van der Waals surface area contributed by atoms with Crippen LogP contribution in [0.1, 0.15) is 4.88 Å². The van der Waals surface area contributed by atoms with Crippen LogP contribution in [0.3, 0.4) is 0 Å². The molecule has 0 saturated carbocycles. The molecular formula is C9H10N4O2S2. The number of sulfonamides is 1. The molecule has 0 atom stereocenters. The number of nitrogen functional groups attached to an aromatic ring is 1. The molecule has 0 aliphatic heterocycles. The molecule has 0 saturated heterocycles. The first-order chi connectivity index (χ1) is 8.09. The molecule has 0 bridgehead atoms. The Morgan fingerprint density at radius 2 is 2.29 bits per heavy atom. The smallest absolute Gasteiger partial charge is 0.244 e. The van der Waals surface area contributed by atoms with Gasteiger partial charge in [0.15, 0.2) is 0 Å². The topological polar surface area (TPSA) is 98.0 Å². The van der Waals surface area contributed by atoms with E-state index in [1.165, 1.54) is 29.7 Å². The van der Waals surface area contributed by atoms with Crippen LogP contribution in [0.15, 0.2) is 34.9 Å². The Labute approximate surface area is 103 Å². The van der Waals surface area contributed by atoms with Crippen molar-refractivity contribution in [2.75, 3.05) is 5.73 Å². The van der Waals surface area contributed by atoms with Crippen molar-refractivity contribution >= 4 is 27.2 Å². The van der Waals surface area contributed by atoms with E-state index in [2.05, 4.69) is 14.7 Å². The summed E-state index contributed by atoms with van der Waals surface area (Å²) in [5.74, 6) is -0.00990. The molecule has 2 rings (SSSR count). The van der Waals surface area contributed by atoms with Crippen molar-refractivity contribution in [1.82, 2.24) is 14.7 Å². The summed E-state index contributed by atoms with van der Waals surface area (Å²) in [5, 5.41) is 0. The molecule has 17 heavy (non-hydrogen) atoms. The average molecular weight is 270 g/mol. The monoisotopic (exact) mass is 270 g/mol. The van der Waals surface area contributed by atoms with E-state index in [0.29, 0.717) is 0 Å². The molecule has 0 unspecified atom stereocenters. The second-order valence-electron chi connectivity index (χ2n) is 3.18. The van der Waals surface area contributed by atoms with Gasteiger partial charge in [0.2, 0.25) is 10.0 Å². The second kappa shape index (κ2) is 4.78. The summed E-state index contributed by atoms with van der Waals surface area (Å²) in [7, 11) is -3.63. The Morgan fingerprint density at radius 1 is 1.47 bits per heavy atom. The maximum absolute atomic E-state index is 11.9. The maximum Gasteiger partial charge on any atom is 0.244 e. The molecule has 0 fully saturated rings. The number of thiazole rings is 1. The summed E-state index contributed by atoms with van der Waals surface area (Å²) in [5.41, 5.74) is 7.16. The van der Waals surface area contributed by atoms with Crippen molar-refractivity contribution in [3.05, 3.63) is 34.9 Å². The van der Waals surface area contributed by atoms with Crippen LogP contribution in [0.4, 0.5) is 5.82 Å². The molecule has 8 heteroatoms. The highest BCUT2D eigenvalue weighted by molar-refractivity contribution is 7.89. The third kappa shape index (κ3) is 2.78. The standard InChI is InChI=1S/C9H10N4O2S2/c10-9-8(2-1-3-12-9)17(14,15)13-5-7-4-11-6-16-7/h1-4,6,13H,5H2,(H2,10,12). The summed E-state index contributed by atoms with van der Waals surface area (Å²) in [6, 6.07) is 2.94. The molecule has 0 aromatic carbocycles. The summed E-state index contributed by atoms with van der Waals surface area (Å²) in [6.07, 6.45) is 3.05. The largest absolute Gasteiger partial charge is 0.383 e. The van der Waals surface area contributed by atoms with E-state index in [0.717, 1.165) is 4.88 Å². The first-order valence-electron chi connectivity index (χ1n) is 4.67. The van der Waals surface area contributed by atoms with Gasteiger partial charge in [0.05, 0.1) is 5.51 Å². The summed E-state index contributed by atoms with van der Waals surface area (Å²) < 4.78 is 26.2. The molecule has 2 aromatic heterocycles. The lowest BCUT2D eigenvalue weighted by molar-refractivity contribution is 0.582. The van der Waals surface area contributed by atoms with Crippen molar-refractivity contribution in [1.29, 1.82) is 0 Å². The van der Waals surface area contributed by atoms with Gasteiger partial charge < -0.3 is 5.73 Å². The number of nitrogens with two attached hydrogens (primary N) is 1. The third-order valence-electron chi connectivity index (χ3n) is 2.01. The highest BCUT2D eigenvalue weighted by Crippen LogP contribution is 2.15. The summed E-state index contributed by atoms with van der Waals surface area (Å²) in [4.78, 5) is 8.42. The zero-order chi connectivity index (χ0) is 12.3. The zero-order valence-corrected chi connectivity index (χ0v) is 10.3. The first-order valence-corrected chi connectivity index (χ1v) is 7.03. The molecule has 0 aliphatic rings. The lowest BCUT2D eigenvalue weighted by atomic mass is 10.5. The van der Waals surface area contributed by atoms with Gasteiger partial charge in [-0.2, -0.15) is 0 Å². The molecular weight excluding hydrogens is 260 g/mol. The lowest BCUT2D eigenvalue weighted by Crippen LogP contribution is -2.24. The summed E-state index contributed by atoms with van der Waals surface area (Å²) >= 11 is 1.38. The van der Waals surface area contributed by atoms with Crippen LogP contribution < -0.4 is 10.5 Å². The van der Waals surface area contributed by atoms with E-state index in [4.69, 9.17) is 5.73 Å². The van der Waals surface area contributed by atoms with Crippen molar-refractivity contribution in [3.63, 3.8) is 0 Å². The number of rotatable bonds is 4. The predicted octanol–water partition coefficient (Wildman–Crippen LogP) is 0.599. The average Bonchev–Trinajstić information content (AvgIpc) is 2.80. The van der Waals surface area contributed by atoms with E-state index < -0.39 is 10.0 Å². The van der Waals surface area contributed by atoms with Gasteiger partial charge in [-0.05, 0) is 12.1 Å². The Balaban J connectivity index is 2.17. The number of aromatic nitrogens is 2. The lowest BCUT2D eigenvalue weighted by Gasteiger charge is -2.06. The molecule has 2 heterocycles. The number of anilines is 1. The highest BCUT2D eigenvalue weighted by Gasteiger charge is 2.17. The van der Waals surface area contributed by atoms with Gasteiger partial charge in [0.25, 0.3) is 0 Å². The van der Waals surface area contributed by atoms with Gasteiger partial charge in [0, 0.05) is 23.8 Å². The number of hydrogen-bond acceptors (Lipinski definition) is 6. The second-order valence-corrected chi connectivity index (χ2v) is 5.89. The van der Waals surface area contributed by atoms with Gasteiger partial charge in [-0.3, -0.25) is 4.98 Å². The highest BCUT2D eigenvalue weighted by atomic mass is 32.2. The Bertz CT molecular complexity index is 595. The van der Waals surface area contributed by atoms with Gasteiger partial charge in [-0.25, -0.2) is 18.1 Å². The van der Waals surface area contributed by atoms with Crippen LogP contribution in [0.25, 0.3) is 0 Å². The van der Waals surface area contributed by atoms with Gasteiger partial charge in [0.1, 0.15) is 10.7 Å². The van der Waals surface area contributed by atoms with Crippen LogP contribution in [0.2, 0.25) is 0 Å². The minimum atomic E-state index is -3.63. The van der Waals surface area contributed by atoms with E-state index >= 15 is 0 Å². The van der Waals surface area contributed by atoms with Gasteiger partial charge >= 0.3 is 0 Å². The molecule has 90 valence electrons. The van der Waals surface area contributed by atoms with E-state index in [1.807, 2.05) is 0 Å². The molecule has 0 aliphatic carbocycles. The Kier molecular flexibility index (Phi) is 3.36. The molecule has 0 amide bonds. The molecule has 2 aromatic rings. The summed E-state index contributed by atoms with van der Waals surface area (Å²) in [6.45, 7) is 0.196. The fraction of sp³-hybridized carbons (Fsp3) is 0.111. The number of nitrogens with zero attached hydrogens (tertiary/aromatic N) is 2. The molecule has 0 radical (unpaired) electrons. The van der Waals surface area contributed by atoms with Crippen LogP contribution in [0, 0.1) is 0 Å². The first kappa shape index (κ1) is 12.0. The Hall–Kier alpha value is -1.51. The SMILES string of the molecule is Nc1ncccc1S(=O)(=O)NCc1cncs1. The van der Waals surface area contributed by atoms with E-state index in [-0.39, 0.29) is 17.3 Å². The van der Waals surface area contributed by atoms with Gasteiger partial charge in [-0.1, -0.05) is 0 Å². The van der Waals surface area contributed by atoms with Crippen LogP contribution >= 0.6 is 11.3 Å².